The molecule has 0 aliphatic heterocycles. The third kappa shape index (κ3) is 44.7. The summed E-state index contributed by atoms with van der Waals surface area (Å²) in [6.45, 7) is 3.16. The van der Waals surface area contributed by atoms with Crippen molar-refractivity contribution in [3.05, 3.63) is 109 Å². The molecule has 0 aromatic heterocycles. The van der Waals surface area contributed by atoms with Crippen LogP contribution in [0.2, 0.25) is 0 Å². The molecule has 9 nitrogen and oxygen atoms in total. The van der Waals surface area contributed by atoms with Gasteiger partial charge in [0.05, 0.1) is 26.4 Å². The van der Waals surface area contributed by atoms with Crippen molar-refractivity contribution in [1.82, 2.24) is 0 Å². The van der Waals surface area contributed by atoms with E-state index in [1.165, 1.54) is 19.3 Å². The van der Waals surface area contributed by atoms with Gasteiger partial charge in [0, 0.05) is 13.0 Å². The molecule has 3 N–H and O–H groups in total. The lowest BCUT2D eigenvalue weighted by molar-refractivity contribution is -0.154. The Hall–Kier alpha value is -2.88. The Morgan fingerprint density at radius 2 is 0.900 bits per heavy atom. The fourth-order valence-corrected chi connectivity index (χ4v) is 6.34. The molecule has 0 aliphatic rings. The van der Waals surface area contributed by atoms with E-state index in [1.54, 1.807) is 0 Å². The van der Waals surface area contributed by atoms with Crippen molar-refractivity contribution in [1.29, 1.82) is 0 Å². The molecule has 0 saturated heterocycles. The zero-order valence-electron chi connectivity index (χ0n) is 37.4. The van der Waals surface area contributed by atoms with Crippen molar-refractivity contribution < 1.29 is 43.0 Å². The Morgan fingerprint density at radius 3 is 1.35 bits per heavy atom. The van der Waals surface area contributed by atoms with Gasteiger partial charge in [0.2, 0.25) is 0 Å². The second kappa shape index (κ2) is 45.6. The molecular formula is C50H83O9P. The fraction of sp³-hybridized carbons (Fsp3) is 0.620. The highest BCUT2D eigenvalue weighted by molar-refractivity contribution is 7.47. The Morgan fingerprint density at radius 1 is 0.517 bits per heavy atom. The Labute approximate surface area is 365 Å². The van der Waals surface area contributed by atoms with Gasteiger partial charge in [-0.3, -0.25) is 13.8 Å². The highest BCUT2D eigenvalue weighted by Gasteiger charge is 2.26. The number of ether oxygens (including phenoxy) is 2. The van der Waals surface area contributed by atoms with Crippen LogP contribution in [-0.4, -0.2) is 66.3 Å². The highest BCUT2D eigenvalue weighted by atomic mass is 31.2. The van der Waals surface area contributed by atoms with Crippen LogP contribution in [0.3, 0.4) is 0 Å². The van der Waals surface area contributed by atoms with Crippen molar-refractivity contribution >= 4 is 13.8 Å². The van der Waals surface area contributed by atoms with E-state index in [0.29, 0.717) is 13.0 Å². The third-order valence-electron chi connectivity index (χ3n) is 8.95. The highest BCUT2D eigenvalue weighted by Crippen LogP contribution is 2.43. The number of aliphatic hydroxyl groups is 2. The van der Waals surface area contributed by atoms with Crippen LogP contribution in [0.25, 0.3) is 0 Å². The average Bonchev–Trinajstić information content (AvgIpc) is 3.24. The van der Waals surface area contributed by atoms with E-state index in [9.17, 15) is 19.4 Å². The molecule has 0 fully saturated rings. The summed E-state index contributed by atoms with van der Waals surface area (Å²) >= 11 is 0. The maximum absolute atomic E-state index is 12.7. The number of hydrogen-bond acceptors (Lipinski definition) is 8. The quantitative estimate of drug-likeness (QED) is 0.0238. The van der Waals surface area contributed by atoms with Crippen molar-refractivity contribution in [3.8, 4) is 0 Å². The lowest BCUT2D eigenvalue weighted by atomic mass is 10.1. The van der Waals surface area contributed by atoms with Crippen molar-refractivity contribution in [3.63, 3.8) is 0 Å². The van der Waals surface area contributed by atoms with Gasteiger partial charge in [-0.25, -0.2) is 4.57 Å². The van der Waals surface area contributed by atoms with Gasteiger partial charge in [-0.1, -0.05) is 162 Å². The van der Waals surface area contributed by atoms with E-state index in [0.717, 1.165) is 109 Å². The fourth-order valence-electron chi connectivity index (χ4n) is 5.55. The van der Waals surface area contributed by atoms with Gasteiger partial charge in [0.25, 0.3) is 0 Å². The Bertz CT molecular complexity index is 1290. The van der Waals surface area contributed by atoms with E-state index in [4.69, 9.17) is 23.6 Å². The van der Waals surface area contributed by atoms with E-state index < -0.39 is 45.8 Å². The molecule has 3 unspecified atom stereocenters. The lowest BCUT2D eigenvalue weighted by Crippen LogP contribution is -2.29. The zero-order valence-corrected chi connectivity index (χ0v) is 38.3. The maximum atomic E-state index is 12.7. The van der Waals surface area contributed by atoms with Crippen LogP contribution in [0, 0.1) is 0 Å². The van der Waals surface area contributed by atoms with Gasteiger partial charge < -0.3 is 24.6 Å². The first-order valence-corrected chi connectivity index (χ1v) is 24.4. The van der Waals surface area contributed by atoms with E-state index in [-0.39, 0.29) is 13.0 Å². The molecule has 3 atom stereocenters. The summed E-state index contributed by atoms with van der Waals surface area (Å²) in [4.78, 5) is 22.6. The van der Waals surface area contributed by atoms with Gasteiger partial charge in [0.1, 0.15) is 12.2 Å². The summed E-state index contributed by atoms with van der Waals surface area (Å²) in [7, 11) is -4.54. The molecule has 0 aromatic carbocycles. The number of rotatable bonds is 42. The average molecular weight is 859 g/mol. The molecule has 342 valence electrons. The van der Waals surface area contributed by atoms with E-state index in [1.807, 2.05) is 0 Å². The first-order chi connectivity index (χ1) is 29.3. The van der Waals surface area contributed by atoms with Gasteiger partial charge >= 0.3 is 13.8 Å². The van der Waals surface area contributed by atoms with Crippen LogP contribution in [0.1, 0.15) is 155 Å². The largest absolute Gasteiger partial charge is 0.472 e. The second-order valence-electron chi connectivity index (χ2n) is 14.7. The lowest BCUT2D eigenvalue weighted by Gasteiger charge is -2.20. The normalized spacial score (nSPS) is 14.9. The minimum absolute atomic E-state index is 0.0154. The van der Waals surface area contributed by atoms with Crippen LogP contribution in [0.5, 0.6) is 0 Å². The molecule has 0 aromatic rings. The number of hydrogen-bond donors (Lipinski definition) is 3. The van der Waals surface area contributed by atoms with Crippen molar-refractivity contribution in [2.75, 3.05) is 33.0 Å². The molecule has 0 aliphatic carbocycles. The minimum Gasteiger partial charge on any atom is -0.457 e. The molecule has 0 spiro atoms. The second-order valence-corrected chi connectivity index (χ2v) is 16.1. The SMILES string of the molecule is CC/C=C\C/C=C\C/C=C\C/C=C\C/C=C\CCCCCCCCCC(=O)OC(COCCCCC/C=C\C/C=C\C/C=C\C/C=C\CC)COP(=O)(O)OCC(O)CO. The Kier molecular flexibility index (Phi) is 43.5. The topological polar surface area (TPSA) is 132 Å². The summed E-state index contributed by atoms with van der Waals surface area (Å²) in [5.41, 5.74) is 0. The molecule has 0 saturated carbocycles. The summed E-state index contributed by atoms with van der Waals surface area (Å²) in [6, 6.07) is 0. The van der Waals surface area contributed by atoms with Crippen LogP contribution in [-0.2, 0) is 27.9 Å². The minimum atomic E-state index is -4.54. The van der Waals surface area contributed by atoms with Crippen LogP contribution >= 0.6 is 7.82 Å². The molecule has 0 bridgehead atoms. The van der Waals surface area contributed by atoms with Crippen molar-refractivity contribution in [2.45, 2.75) is 167 Å². The maximum Gasteiger partial charge on any atom is 0.472 e. The molecule has 0 amide bonds. The van der Waals surface area contributed by atoms with Gasteiger partial charge in [-0.05, 0) is 96.3 Å². The monoisotopic (exact) mass is 859 g/mol. The zero-order chi connectivity index (χ0) is 43.9. The predicted molar refractivity (Wildman–Crippen MR) is 251 cm³/mol. The summed E-state index contributed by atoms with van der Waals surface area (Å²) in [6.07, 6.45) is 59.1. The van der Waals surface area contributed by atoms with Crippen molar-refractivity contribution in [2.24, 2.45) is 0 Å². The molecule has 0 rings (SSSR count). The van der Waals surface area contributed by atoms with Gasteiger partial charge in [0.15, 0.2) is 0 Å². The van der Waals surface area contributed by atoms with Crippen LogP contribution in [0.15, 0.2) is 109 Å². The molecule has 0 radical (unpaired) electrons. The van der Waals surface area contributed by atoms with Crippen LogP contribution in [0.4, 0.5) is 0 Å². The number of esters is 1. The Balaban J connectivity index is 4.24. The number of allylic oxidation sites excluding steroid dienone is 18. The number of unbranched alkanes of at least 4 members (excludes halogenated alkanes) is 10. The van der Waals surface area contributed by atoms with E-state index >= 15 is 0 Å². The standard InChI is InChI=1S/C50H83O9P/c1-3-5-7-9-11-13-15-17-19-21-22-23-24-25-26-27-28-30-32-34-36-38-40-42-50(53)59-49(47-58-60(54,55)57-45-48(52)44-51)46-56-43-41-39-37-35-33-31-29-20-18-16-14-12-10-8-6-4-2/h5-8,11-14,17-20,22-23,25-26,31,33,48-49,51-52H,3-4,9-10,15-16,21,24,27-30,32,34-47H2,1-2H3,(H,54,55)/b7-5-,8-6-,13-11-,14-12-,19-17-,20-18-,23-22-,26-25-,33-31-. The van der Waals surface area contributed by atoms with E-state index in [2.05, 4.69) is 123 Å². The third-order valence-corrected chi connectivity index (χ3v) is 9.90. The molecular weight excluding hydrogens is 776 g/mol. The molecule has 10 heteroatoms. The number of carbonyl (C=O) groups is 1. The smallest absolute Gasteiger partial charge is 0.457 e. The predicted octanol–water partition coefficient (Wildman–Crippen LogP) is 13.0. The molecule has 0 heterocycles. The number of carbonyl (C=O) groups excluding carboxylic acids is 1. The first-order valence-electron chi connectivity index (χ1n) is 22.9. The van der Waals surface area contributed by atoms with Crippen LogP contribution < -0.4 is 0 Å². The first kappa shape index (κ1) is 57.1. The summed E-state index contributed by atoms with van der Waals surface area (Å²) in [5, 5.41) is 18.4. The molecule has 60 heavy (non-hydrogen) atoms. The summed E-state index contributed by atoms with van der Waals surface area (Å²) < 4.78 is 33.4. The number of aliphatic hydroxyl groups excluding tert-OH is 2. The number of phosphoric acid groups is 1. The van der Waals surface area contributed by atoms with Gasteiger partial charge in [-0.15, -0.1) is 0 Å². The number of phosphoric ester groups is 1. The summed E-state index contributed by atoms with van der Waals surface area (Å²) in [5.74, 6) is -0.411. The van der Waals surface area contributed by atoms with Gasteiger partial charge in [-0.2, -0.15) is 0 Å².